The molecule has 0 radical (unpaired) electrons. The number of pyridine rings is 1. The van der Waals surface area contributed by atoms with Crippen molar-refractivity contribution in [3.63, 3.8) is 0 Å². The van der Waals surface area contributed by atoms with Crippen molar-refractivity contribution in [2.24, 2.45) is 5.92 Å². The number of hydrogen-bond acceptors (Lipinski definition) is 3. The molecule has 4 nitrogen and oxygen atoms in total. The maximum atomic E-state index is 13.2. The Bertz CT molecular complexity index is 926. The minimum absolute atomic E-state index is 0.216. The number of alkyl halides is 2. The number of halogens is 3. The van der Waals surface area contributed by atoms with Crippen LogP contribution in [0.3, 0.4) is 0 Å². The summed E-state index contributed by atoms with van der Waals surface area (Å²) in [6.07, 6.45) is 1.48. The largest absolute Gasteiger partial charge is 0.439 e. The molecular weight excluding hydrogens is 357 g/mol. The number of carbonyl (C=O) groups is 1. The Morgan fingerprint density at radius 2 is 1.89 bits per heavy atom. The van der Waals surface area contributed by atoms with Crippen LogP contribution in [0.25, 0.3) is 0 Å². The van der Waals surface area contributed by atoms with Gasteiger partial charge in [-0.3, -0.25) is 4.98 Å². The molecule has 2 heterocycles. The minimum atomic E-state index is -2.60. The van der Waals surface area contributed by atoms with Gasteiger partial charge in [-0.25, -0.2) is 18.0 Å². The Morgan fingerprint density at radius 1 is 1.15 bits per heavy atom. The highest BCUT2D eigenvalue weighted by Gasteiger charge is 2.44. The molecular formula is C20H15F3N2O2. The first-order chi connectivity index (χ1) is 12.9. The lowest BCUT2D eigenvalue weighted by molar-refractivity contribution is -0.0936. The molecule has 7 heteroatoms. The van der Waals surface area contributed by atoms with E-state index in [-0.39, 0.29) is 24.6 Å². The number of ether oxygens (including phenoxy) is 1. The van der Waals surface area contributed by atoms with Crippen LogP contribution in [0.15, 0.2) is 42.7 Å². The second kappa shape index (κ2) is 6.62. The third-order valence-electron chi connectivity index (χ3n) is 4.64. The maximum absolute atomic E-state index is 13.2. The number of rotatable bonds is 2. The average molecular weight is 372 g/mol. The Kier molecular flexibility index (Phi) is 4.27. The van der Waals surface area contributed by atoms with Crippen LogP contribution in [0.4, 0.5) is 18.0 Å². The van der Waals surface area contributed by atoms with Gasteiger partial charge in [-0.05, 0) is 29.3 Å². The Morgan fingerprint density at radius 3 is 2.59 bits per heavy atom. The van der Waals surface area contributed by atoms with Crippen molar-refractivity contribution < 1.29 is 22.7 Å². The number of nitrogens with zero attached hydrogens (tertiary/aromatic N) is 1. The fraction of sp³-hybridized carbons (Fsp3) is 0.300. The van der Waals surface area contributed by atoms with Crippen molar-refractivity contribution in [3.05, 3.63) is 65.2 Å². The normalized spacial score (nSPS) is 23.6. The summed E-state index contributed by atoms with van der Waals surface area (Å²) in [4.78, 5) is 15.9. The molecule has 1 amide bonds. The van der Waals surface area contributed by atoms with Crippen LogP contribution in [0.5, 0.6) is 0 Å². The van der Waals surface area contributed by atoms with Crippen LogP contribution < -0.4 is 5.32 Å². The van der Waals surface area contributed by atoms with E-state index in [9.17, 15) is 18.0 Å². The second-order valence-electron chi connectivity index (χ2n) is 6.74. The van der Waals surface area contributed by atoms with Gasteiger partial charge in [0.05, 0.1) is 0 Å². The van der Waals surface area contributed by atoms with Crippen molar-refractivity contribution in [3.8, 4) is 11.8 Å². The zero-order valence-electron chi connectivity index (χ0n) is 14.1. The third kappa shape index (κ3) is 3.75. The first-order valence-electron chi connectivity index (χ1n) is 8.47. The average Bonchev–Trinajstić information content (AvgIpc) is 3.01. The van der Waals surface area contributed by atoms with E-state index < -0.39 is 24.2 Å². The smallest absolute Gasteiger partial charge is 0.408 e. The van der Waals surface area contributed by atoms with Crippen LogP contribution in [0.1, 0.15) is 41.7 Å². The highest BCUT2D eigenvalue weighted by atomic mass is 19.3. The molecule has 1 N–H and O–H groups in total. The molecule has 1 saturated carbocycles. The maximum Gasteiger partial charge on any atom is 0.408 e. The van der Waals surface area contributed by atoms with Gasteiger partial charge in [0.15, 0.2) is 6.10 Å². The number of carbonyl (C=O) groups excluding carboxylic acids is 1. The van der Waals surface area contributed by atoms with Crippen LogP contribution in [-0.2, 0) is 4.74 Å². The number of cyclic esters (lactones) is 1. The summed E-state index contributed by atoms with van der Waals surface area (Å²) in [6, 6.07) is 6.94. The molecule has 4 rings (SSSR count). The Balaban J connectivity index is 1.56. The predicted octanol–water partition coefficient (Wildman–Crippen LogP) is 4.14. The van der Waals surface area contributed by atoms with Crippen LogP contribution >= 0.6 is 0 Å². The molecule has 0 bridgehead atoms. The van der Waals surface area contributed by atoms with Gasteiger partial charge >= 0.3 is 6.09 Å². The van der Waals surface area contributed by atoms with Crippen LogP contribution in [0.2, 0.25) is 0 Å². The van der Waals surface area contributed by atoms with E-state index in [1.54, 1.807) is 24.4 Å². The third-order valence-corrected chi connectivity index (χ3v) is 4.64. The monoisotopic (exact) mass is 372 g/mol. The van der Waals surface area contributed by atoms with E-state index in [2.05, 4.69) is 22.1 Å². The van der Waals surface area contributed by atoms with Gasteiger partial charge in [-0.1, -0.05) is 24.0 Å². The quantitative estimate of drug-likeness (QED) is 0.806. The molecule has 138 valence electrons. The number of amides is 1. The molecule has 1 aliphatic carbocycles. The molecule has 2 aliphatic rings. The lowest BCUT2D eigenvalue weighted by Gasteiger charge is -2.31. The summed E-state index contributed by atoms with van der Waals surface area (Å²) < 4.78 is 44.3. The number of alkyl carbamates (subject to hydrolysis) is 1. The fourth-order valence-corrected chi connectivity index (χ4v) is 3.24. The number of aromatic nitrogens is 1. The molecule has 0 spiro atoms. The minimum Gasteiger partial charge on any atom is -0.439 e. The van der Waals surface area contributed by atoms with Crippen LogP contribution in [0, 0.1) is 23.6 Å². The number of hydrogen-bond donors (Lipinski definition) is 1. The van der Waals surface area contributed by atoms with E-state index >= 15 is 0 Å². The van der Waals surface area contributed by atoms with E-state index in [1.165, 1.54) is 18.3 Å². The highest BCUT2D eigenvalue weighted by molar-refractivity contribution is 5.71. The summed E-state index contributed by atoms with van der Waals surface area (Å²) in [5, 5.41) is 2.72. The summed E-state index contributed by atoms with van der Waals surface area (Å²) in [7, 11) is 0. The lowest BCUT2D eigenvalue weighted by Crippen LogP contribution is -2.34. The highest BCUT2D eigenvalue weighted by Crippen LogP contribution is 2.42. The van der Waals surface area contributed by atoms with Gasteiger partial charge in [-0.2, -0.15) is 0 Å². The first-order valence-corrected chi connectivity index (χ1v) is 8.47. The molecule has 1 aromatic carbocycles. The van der Waals surface area contributed by atoms with Gasteiger partial charge in [0.2, 0.25) is 0 Å². The number of benzene rings is 1. The summed E-state index contributed by atoms with van der Waals surface area (Å²) >= 11 is 0. The molecule has 0 unspecified atom stereocenters. The van der Waals surface area contributed by atoms with E-state index in [0.717, 1.165) is 0 Å². The molecule has 1 saturated heterocycles. The van der Waals surface area contributed by atoms with Crippen molar-refractivity contribution in [2.75, 3.05) is 0 Å². The summed E-state index contributed by atoms with van der Waals surface area (Å²) in [5.74, 6) is 2.41. The number of nitrogens with one attached hydrogen (secondary N) is 1. The zero-order chi connectivity index (χ0) is 19.0. The molecule has 27 heavy (non-hydrogen) atoms. The topological polar surface area (TPSA) is 51.2 Å². The van der Waals surface area contributed by atoms with Crippen molar-refractivity contribution in [1.29, 1.82) is 0 Å². The molecule has 2 aromatic rings. The van der Waals surface area contributed by atoms with Crippen molar-refractivity contribution >= 4 is 6.09 Å². The van der Waals surface area contributed by atoms with Crippen LogP contribution in [-0.4, -0.2) is 17.0 Å². The fourth-order valence-electron chi connectivity index (χ4n) is 3.24. The van der Waals surface area contributed by atoms with E-state index in [0.29, 0.717) is 16.7 Å². The zero-order valence-corrected chi connectivity index (χ0v) is 14.1. The Hall–Kier alpha value is -3.01. The Labute approximate surface area is 153 Å². The predicted molar refractivity (Wildman–Crippen MR) is 90.3 cm³/mol. The van der Waals surface area contributed by atoms with Gasteiger partial charge in [0.25, 0.3) is 5.92 Å². The molecule has 1 aromatic heterocycles. The van der Waals surface area contributed by atoms with Gasteiger partial charge in [-0.15, -0.1) is 0 Å². The van der Waals surface area contributed by atoms with Crippen molar-refractivity contribution in [1.82, 2.24) is 10.3 Å². The van der Waals surface area contributed by atoms with E-state index in [4.69, 9.17) is 4.74 Å². The SMILES string of the molecule is O=C1N[C@H](c2cncc(C#CC3CC(F)(F)C3)c2)[C@@H](c2ccc(F)cc2)O1. The van der Waals surface area contributed by atoms with Gasteiger partial charge in [0, 0.05) is 36.7 Å². The first kappa shape index (κ1) is 17.4. The molecule has 1 aliphatic heterocycles. The van der Waals surface area contributed by atoms with Gasteiger partial charge < -0.3 is 10.1 Å². The van der Waals surface area contributed by atoms with E-state index in [1.807, 2.05) is 0 Å². The van der Waals surface area contributed by atoms with Gasteiger partial charge in [0.1, 0.15) is 11.9 Å². The standard InChI is InChI=1S/C20H15F3N2O2/c21-16-5-3-14(4-6-16)18-17(25-19(26)27-18)15-7-12(10-24-11-15)1-2-13-8-20(22,23)9-13/h3-7,10-11,13,17-18H,8-9H2,(H,25,26)/t17-,18-/m1/s1. The molecule has 2 atom stereocenters. The summed E-state index contributed by atoms with van der Waals surface area (Å²) in [6.45, 7) is 0. The lowest BCUT2D eigenvalue weighted by atomic mass is 9.82. The summed E-state index contributed by atoms with van der Waals surface area (Å²) in [5.41, 5.74) is 1.88. The van der Waals surface area contributed by atoms with Crippen molar-refractivity contribution in [2.45, 2.75) is 30.9 Å². The second-order valence-corrected chi connectivity index (χ2v) is 6.74. The molecule has 2 fully saturated rings.